The van der Waals surface area contributed by atoms with Crippen molar-refractivity contribution in [3.8, 4) is 5.75 Å². The van der Waals surface area contributed by atoms with Crippen molar-refractivity contribution >= 4 is 11.6 Å². The molecule has 1 unspecified atom stereocenters. The van der Waals surface area contributed by atoms with Gasteiger partial charge < -0.3 is 15.7 Å². The molecule has 0 aliphatic heterocycles. The molecule has 0 heterocycles. The van der Waals surface area contributed by atoms with Gasteiger partial charge in [0, 0.05) is 17.3 Å². The lowest BCUT2D eigenvalue weighted by molar-refractivity contribution is 0.102. The zero-order valence-electron chi connectivity index (χ0n) is 12.5. The van der Waals surface area contributed by atoms with Crippen LogP contribution in [0.25, 0.3) is 0 Å². The van der Waals surface area contributed by atoms with Gasteiger partial charge in [0.05, 0.1) is 0 Å². The van der Waals surface area contributed by atoms with Gasteiger partial charge >= 0.3 is 0 Å². The van der Waals surface area contributed by atoms with E-state index in [1.807, 2.05) is 31.3 Å². The van der Waals surface area contributed by atoms with Gasteiger partial charge in [-0.25, -0.2) is 0 Å². The number of carbonyl (C=O) groups is 1. The van der Waals surface area contributed by atoms with Gasteiger partial charge in [0.25, 0.3) is 5.91 Å². The maximum atomic E-state index is 12.2. The van der Waals surface area contributed by atoms with Crippen LogP contribution >= 0.6 is 0 Å². The first-order valence-electron chi connectivity index (χ1n) is 6.89. The smallest absolute Gasteiger partial charge is 0.255 e. The summed E-state index contributed by atoms with van der Waals surface area (Å²) in [5.41, 5.74) is 3.07. The van der Waals surface area contributed by atoms with Crippen molar-refractivity contribution in [1.82, 2.24) is 5.32 Å². The Morgan fingerprint density at radius 2 is 1.95 bits per heavy atom. The fourth-order valence-electron chi connectivity index (χ4n) is 2.05. The van der Waals surface area contributed by atoms with E-state index in [4.69, 9.17) is 0 Å². The predicted molar refractivity (Wildman–Crippen MR) is 84.7 cm³/mol. The number of hydrogen-bond acceptors (Lipinski definition) is 3. The first-order valence-corrected chi connectivity index (χ1v) is 6.89. The fourth-order valence-corrected chi connectivity index (χ4v) is 2.05. The van der Waals surface area contributed by atoms with Crippen LogP contribution in [0.4, 0.5) is 5.69 Å². The number of phenolic OH excluding ortho intramolecular Hbond substituents is 1. The van der Waals surface area contributed by atoms with E-state index in [1.54, 1.807) is 19.1 Å². The Balaban J connectivity index is 2.17. The number of phenols is 1. The third-order valence-electron chi connectivity index (χ3n) is 3.54. The molecule has 0 spiro atoms. The molecule has 1 amide bonds. The van der Waals surface area contributed by atoms with Gasteiger partial charge in [-0.3, -0.25) is 4.79 Å². The van der Waals surface area contributed by atoms with Gasteiger partial charge in [-0.15, -0.1) is 0 Å². The minimum absolute atomic E-state index is 0.188. The molecule has 0 bridgehead atoms. The first kappa shape index (κ1) is 15.1. The molecule has 0 radical (unpaired) electrons. The van der Waals surface area contributed by atoms with E-state index in [0.29, 0.717) is 11.1 Å². The highest BCUT2D eigenvalue weighted by molar-refractivity contribution is 6.04. The summed E-state index contributed by atoms with van der Waals surface area (Å²) in [6.07, 6.45) is 0. The standard InChI is InChI=1S/C17H20N2O2/c1-11-9-14(7-8-16(11)20)17(21)19-15-6-4-5-13(10-15)12(2)18-3/h4-10,12,18,20H,1-3H3,(H,19,21). The number of aromatic hydroxyl groups is 1. The molecule has 21 heavy (non-hydrogen) atoms. The summed E-state index contributed by atoms with van der Waals surface area (Å²) in [5, 5.41) is 15.5. The highest BCUT2D eigenvalue weighted by Gasteiger charge is 2.09. The summed E-state index contributed by atoms with van der Waals surface area (Å²) < 4.78 is 0. The second kappa shape index (κ2) is 6.41. The minimum atomic E-state index is -0.188. The van der Waals surface area contributed by atoms with E-state index < -0.39 is 0 Å². The molecule has 110 valence electrons. The highest BCUT2D eigenvalue weighted by atomic mass is 16.3. The van der Waals surface area contributed by atoms with Gasteiger partial charge in [0.1, 0.15) is 5.75 Å². The molecule has 4 nitrogen and oxygen atoms in total. The molecule has 0 fully saturated rings. The van der Waals surface area contributed by atoms with E-state index in [0.717, 1.165) is 11.3 Å². The average Bonchev–Trinajstić information content (AvgIpc) is 2.49. The lowest BCUT2D eigenvalue weighted by Crippen LogP contribution is -2.14. The molecular formula is C17H20N2O2. The molecule has 0 aromatic heterocycles. The summed E-state index contributed by atoms with van der Waals surface area (Å²) in [5.74, 6) is 0.00348. The third kappa shape index (κ3) is 3.61. The number of benzene rings is 2. The van der Waals surface area contributed by atoms with Crippen molar-refractivity contribution in [1.29, 1.82) is 0 Å². The summed E-state index contributed by atoms with van der Waals surface area (Å²) in [7, 11) is 1.90. The molecule has 0 aliphatic rings. The number of nitrogens with one attached hydrogen (secondary N) is 2. The SMILES string of the molecule is CNC(C)c1cccc(NC(=O)c2ccc(O)c(C)c2)c1. The van der Waals surface area contributed by atoms with Crippen LogP contribution in [0.1, 0.15) is 34.5 Å². The number of carbonyl (C=O) groups excluding carboxylic acids is 1. The number of rotatable bonds is 4. The van der Waals surface area contributed by atoms with Gasteiger partial charge in [-0.1, -0.05) is 12.1 Å². The van der Waals surface area contributed by atoms with E-state index in [1.165, 1.54) is 6.07 Å². The van der Waals surface area contributed by atoms with Crippen LogP contribution in [-0.4, -0.2) is 18.1 Å². The van der Waals surface area contributed by atoms with Crippen molar-refractivity contribution in [2.75, 3.05) is 12.4 Å². The Bertz CT molecular complexity index is 653. The molecule has 2 aromatic carbocycles. The number of aryl methyl sites for hydroxylation is 1. The summed E-state index contributed by atoms with van der Waals surface area (Å²) in [4.78, 5) is 12.2. The molecule has 1 atom stereocenters. The maximum Gasteiger partial charge on any atom is 0.255 e. The Morgan fingerprint density at radius 3 is 2.62 bits per heavy atom. The van der Waals surface area contributed by atoms with Crippen LogP contribution in [0.5, 0.6) is 5.75 Å². The number of amides is 1. The van der Waals surface area contributed by atoms with Crippen molar-refractivity contribution in [2.45, 2.75) is 19.9 Å². The lowest BCUT2D eigenvalue weighted by Gasteiger charge is -2.13. The third-order valence-corrected chi connectivity index (χ3v) is 3.54. The van der Waals surface area contributed by atoms with Crippen LogP contribution in [-0.2, 0) is 0 Å². The number of hydrogen-bond donors (Lipinski definition) is 3. The second-order valence-corrected chi connectivity index (χ2v) is 5.09. The highest BCUT2D eigenvalue weighted by Crippen LogP contribution is 2.20. The normalized spacial score (nSPS) is 12.0. The van der Waals surface area contributed by atoms with Crippen LogP contribution in [0, 0.1) is 6.92 Å². The number of anilines is 1. The first-order chi connectivity index (χ1) is 10.0. The van der Waals surface area contributed by atoms with E-state index in [2.05, 4.69) is 17.6 Å². The van der Waals surface area contributed by atoms with Crippen LogP contribution < -0.4 is 10.6 Å². The molecule has 2 aromatic rings. The van der Waals surface area contributed by atoms with Crippen molar-refractivity contribution in [2.24, 2.45) is 0 Å². The van der Waals surface area contributed by atoms with Crippen LogP contribution in [0.15, 0.2) is 42.5 Å². The Hall–Kier alpha value is -2.33. The van der Waals surface area contributed by atoms with Crippen LogP contribution in [0.3, 0.4) is 0 Å². The minimum Gasteiger partial charge on any atom is -0.508 e. The van der Waals surface area contributed by atoms with Crippen molar-refractivity contribution in [3.05, 3.63) is 59.2 Å². The fraction of sp³-hybridized carbons (Fsp3) is 0.235. The van der Waals surface area contributed by atoms with Gasteiger partial charge in [0.15, 0.2) is 0 Å². The van der Waals surface area contributed by atoms with E-state index in [-0.39, 0.29) is 17.7 Å². The summed E-state index contributed by atoms with van der Waals surface area (Å²) >= 11 is 0. The lowest BCUT2D eigenvalue weighted by atomic mass is 10.1. The summed E-state index contributed by atoms with van der Waals surface area (Å²) in [6, 6.07) is 12.8. The van der Waals surface area contributed by atoms with Gasteiger partial charge in [-0.2, -0.15) is 0 Å². The summed E-state index contributed by atoms with van der Waals surface area (Å²) in [6.45, 7) is 3.83. The maximum absolute atomic E-state index is 12.2. The molecule has 3 N–H and O–H groups in total. The van der Waals surface area contributed by atoms with Crippen molar-refractivity contribution < 1.29 is 9.90 Å². The topological polar surface area (TPSA) is 61.4 Å². The monoisotopic (exact) mass is 284 g/mol. The van der Waals surface area contributed by atoms with E-state index in [9.17, 15) is 9.90 Å². The van der Waals surface area contributed by atoms with Crippen LogP contribution in [0.2, 0.25) is 0 Å². The van der Waals surface area contributed by atoms with E-state index >= 15 is 0 Å². The van der Waals surface area contributed by atoms with Crippen molar-refractivity contribution in [3.63, 3.8) is 0 Å². The Morgan fingerprint density at radius 1 is 1.19 bits per heavy atom. The Kier molecular flexibility index (Phi) is 4.60. The molecule has 4 heteroatoms. The van der Waals surface area contributed by atoms with Gasteiger partial charge in [-0.05, 0) is 62.4 Å². The average molecular weight is 284 g/mol. The zero-order chi connectivity index (χ0) is 15.4. The molecule has 0 aliphatic carbocycles. The molecule has 0 saturated carbocycles. The quantitative estimate of drug-likeness (QED) is 0.807. The molecule has 2 rings (SSSR count). The Labute approximate surface area is 124 Å². The molecular weight excluding hydrogens is 264 g/mol. The van der Waals surface area contributed by atoms with Gasteiger partial charge in [0.2, 0.25) is 0 Å². The zero-order valence-corrected chi connectivity index (χ0v) is 12.5. The predicted octanol–water partition coefficient (Wildman–Crippen LogP) is 3.23. The second-order valence-electron chi connectivity index (χ2n) is 5.09. The molecule has 0 saturated heterocycles. The largest absolute Gasteiger partial charge is 0.508 e.